The fraction of sp³-hybridized carbons (Fsp3) is 0.524. The van der Waals surface area contributed by atoms with Gasteiger partial charge in [-0.05, 0) is 49.5 Å². The molecule has 1 aromatic heterocycles. The molecular weight excluding hydrogens is 330 g/mol. The Morgan fingerprint density at radius 3 is 2.68 bits per heavy atom. The molecule has 1 aliphatic carbocycles. The maximum Gasteiger partial charge on any atom is 0.0774 e. The maximum absolute atomic E-state index is 9.57. The molecule has 0 bridgehead atoms. The molecule has 0 saturated carbocycles. The van der Waals surface area contributed by atoms with Crippen LogP contribution < -0.4 is 0 Å². The second-order valence-electron chi connectivity index (χ2n) is 7.52. The Morgan fingerprint density at radius 1 is 1.24 bits per heavy atom. The van der Waals surface area contributed by atoms with Crippen molar-refractivity contribution in [1.82, 2.24) is 4.90 Å². The molecule has 1 atom stereocenters. The maximum atomic E-state index is 9.57. The Hall–Kier alpha value is -1.20. The lowest BCUT2D eigenvalue weighted by atomic mass is 9.66. The van der Waals surface area contributed by atoms with Crippen molar-refractivity contribution in [2.24, 2.45) is 0 Å². The van der Waals surface area contributed by atoms with Gasteiger partial charge in [-0.3, -0.25) is 4.90 Å². The van der Waals surface area contributed by atoms with Gasteiger partial charge in [-0.25, -0.2) is 0 Å². The second kappa shape index (κ2) is 7.20. The largest absolute Gasteiger partial charge is 0.391 e. The van der Waals surface area contributed by atoms with E-state index in [0.29, 0.717) is 6.10 Å². The third kappa shape index (κ3) is 3.41. The van der Waals surface area contributed by atoms with Crippen molar-refractivity contribution < 1.29 is 9.84 Å². The predicted molar refractivity (Wildman–Crippen MR) is 102 cm³/mol. The van der Waals surface area contributed by atoms with E-state index in [9.17, 15) is 5.11 Å². The van der Waals surface area contributed by atoms with Crippen LogP contribution in [0.15, 0.2) is 36.4 Å². The summed E-state index contributed by atoms with van der Waals surface area (Å²) in [6.45, 7) is 3.47. The van der Waals surface area contributed by atoms with Crippen LogP contribution in [0.1, 0.15) is 40.1 Å². The minimum atomic E-state index is 0.158. The van der Waals surface area contributed by atoms with Gasteiger partial charge >= 0.3 is 0 Å². The summed E-state index contributed by atoms with van der Waals surface area (Å²) in [4.78, 5) is 5.13. The van der Waals surface area contributed by atoms with Gasteiger partial charge in [-0.15, -0.1) is 11.3 Å². The SMILES string of the molecule is COC1Cc2sc(CO)cc2C2(CCN(Cc3ccccc3)CC2)C1. The van der Waals surface area contributed by atoms with Crippen molar-refractivity contribution >= 4 is 11.3 Å². The Balaban J connectivity index is 1.52. The average molecular weight is 358 g/mol. The number of hydrogen-bond acceptors (Lipinski definition) is 4. The normalized spacial score (nSPS) is 22.9. The fourth-order valence-electron chi connectivity index (χ4n) is 4.61. The Kier molecular flexibility index (Phi) is 4.96. The number of methoxy groups -OCH3 is 1. The zero-order chi connectivity index (χ0) is 17.3. The Bertz CT molecular complexity index is 704. The summed E-state index contributed by atoms with van der Waals surface area (Å²) in [7, 11) is 1.84. The number of rotatable bonds is 4. The van der Waals surface area contributed by atoms with Crippen molar-refractivity contribution in [3.63, 3.8) is 0 Å². The number of thiophene rings is 1. The van der Waals surface area contributed by atoms with Gasteiger partial charge in [0.1, 0.15) is 0 Å². The lowest BCUT2D eigenvalue weighted by Crippen LogP contribution is -2.46. The van der Waals surface area contributed by atoms with Crippen molar-refractivity contribution in [1.29, 1.82) is 0 Å². The molecule has 4 heteroatoms. The van der Waals surface area contributed by atoms with E-state index in [-0.39, 0.29) is 12.0 Å². The van der Waals surface area contributed by atoms with Crippen LogP contribution in [0, 0.1) is 0 Å². The molecule has 1 spiro atoms. The van der Waals surface area contributed by atoms with Crippen LogP contribution in [0.25, 0.3) is 0 Å². The highest BCUT2D eigenvalue weighted by atomic mass is 32.1. The van der Waals surface area contributed by atoms with Gasteiger partial charge in [0, 0.05) is 35.2 Å². The minimum Gasteiger partial charge on any atom is -0.391 e. The molecule has 1 aliphatic heterocycles. The van der Waals surface area contributed by atoms with Crippen molar-refractivity contribution in [2.75, 3.05) is 20.2 Å². The molecule has 2 heterocycles. The summed E-state index contributed by atoms with van der Waals surface area (Å²) in [5.41, 5.74) is 3.15. The van der Waals surface area contributed by atoms with Crippen LogP contribution >= 0.6 is 11.3 Å². The highest BCUT2D eigenvalue weighted by Gasteiger charge is 2.43. The molecule has 25 heavy (non-hydrogen) atoms. The third-order valence-electron chi connectivity index (χ3n) is 6.01. The van der Waals surface area contributed by atoms with Crippen LogP contribution in [0.2, 0.25) is 0 Å². The predicted octanol–water partition coefficient (Wildman–Crippen LogP) is 3.74. The van der Waals surface area contributed by atoms with E-state index in [1.807, 2.05) is 7.11 Å². The van der Waals surface area contributed by atoms with E-state index in [1.54, 1.807) is 11.3 Å². The number of aliphatic hydroxyl groups excluding tert-OH is 1. The summed E-state index contributed by atoms with van der Waals surface area (Å²) in [5, 5.41) is 9.57. The van der Waals surface area contributed by atoms with Crippen LogP contribution in [0.5, 0.6) is 0 Å². The monoisotopic (exact) mass is 357 g/mol. The molecule has 2 aliphatic rings. The summed E-state index contributed by atoms with van der Waals surface area (Å²) in [5.74, 6) is 0. The Labute approximate surface area is 154 Å². The molecule has 1 saturated heterocycles. The van der Waals surface area contributed by atoms with Crippen molar-refractivity contribution in [3.05, 3.63) is 57.3 Å². The molecule has 3 nitrogen and oxygen atoms in total. The van der Waals surface area contributed by atoms with Crippen molar-refractivity contribution in [2.45, 2.75) is 50.4 Å². The second-order valence-corrected chi connectivity index (χ2v) is 8.74. The summed E-state index contributed by atoms with van der Waals surface area (Å²) in [6.07, 6.45) is 4.82. The average Bonchev–Trinajstić information content (AvgIpc) is 3.09. The summed E-state index contributed by atoms with van der Waals surface area (Å²) >= 11 is 1.78. The van der Waals surface area contributed by atoms with E-state index in [1.165, 1.54) is 28.8 Å². The van der Waals surface area contributed by atoms with Crippen LogP contribution in [-0.2, 0) is 29.7 Å². The zero-order valence-electron chi connectivity index (χ0n) is 14.9. The van der Waals surface area contributed by atoms with Gasteiger partial charge in [-0.1, -0.05) is 30.3 Å². The first-order chi connectivity index (χ1) is 12.2. The number of piperidine rings is 1. The first-order valence-corrected chi connectivity index (χ1v) is 10.1. The van der Waals surface area contributed by atoms with Gasteiger partial charge in [0.15, 0.2) is 0 Å². The van der Waals surface area contributed by atoms with E-state index >= 15 is 0 Å². The fourth-order valence-corrected chi connectivity index (χ4v) is 5.82. The lowest BCUT2D eigenvalue weighted by molar-refractivity contribution is 0.0406. The molecule has 1 aromatic carbocycles. The van der Waals surface area contributed by atoms with Gasteiger partial charge in [0.25, 0.3) is 0 Å². The van der Waals surface area contributed by atoms with Gasteiger partial charge in [-0.2, -0.15) is 0 Å². The molecule has 0 amide bonds. The van der Waals surface area contributed by atoms with Crippen LogP contribution in [0.3, 0.4) is 0 Å². The number of ether oxygens (including phenoxy) is 1. The summed E-state index contributed by atoms with van der Waals surface area (Å²) in [6, 6.07) is 13.0. The van der Waals surface area contributed by atoms with E-state index in [2.05, 4.69) is 41.3 Å². The molecule has 0 radical (unpaired) electrons. The summed E-state index contributed by atoms with van der Waals surface area (Å²) < 4.78 is 5.77. The number of likely N-dealkylation sites (tertiary alicyclic amines) is 1. The van der Waals surface area contributed by atoms with Gasteiger partial charge in [0.2, 0.25) is 0 Å². The number of hydrogen-bond donors (Lipinski definition) is 1. The molecular formula is C21H27NO2S. The smallest absolute Gasteiger partial charge is 0.0774 e. The molecule has 2 aromatic rings. The number of nitrogens with zero attached hydrogens (tertiary/aromatic N) is 1. The quantitative estimate of drug-likeness (QED) is 0.905. The number of fused-ring (bicyclic) bond motifs is 2. The number of aliphatic hydroxyl groups is 1. The van der Waals surface area contributed by atoms with E-state index < -0.39 is 0 Å². The lowest BCUT2D eigenvalue weighted by Gasteiger charge is -2.46. The minimum absolute atomic E-state index is 0.158. The topological polar surface area (TPSA) is 32.7 Å². The zero-order valence-corrected chi connectivity index (χ0v) is 15.7. The highest BCUT2D eigenvalue weighted by Crippen LogP contribution is 2.48. The molecule has 1 unspecified atom stereocenters. The van der Waals surface area contributed by atoms with Crippen LogP contribution in [-0.4, -0.2) is 36.3 Å². The van der Waals surface area contributed by atoms with Crippen molar-refractivity contribution in [3.8, 4) is 0 Å². The van der Waals surface area contributed by atoms with Gasteiger partial charge < -0.3 is 9.84 Å². The van der Waals surface area contributed by atoms with Crippen LogP contribution in [0.4, 0.5) is 0 Å². The standard InChI is InChI=1S/C21H27NO2S/c1-24-17-11-20-19(12-18(15-23)25-20)21(13-17)7-9-22(10-8-21)14-16-5-3-2-4-6-16/h2-6,12,17,23H,7-11,13-15H2,1H3. The molecule has 134 valence electrons. The number of benzene rings is 1. The third-order valence-corrected chi connectivity index (χ3v) is 7.16. The highest BCUT2D eigenvalue weighted by molar-refractivity contribution is 7.12. The Morgan fingerprint density at radius 2 is 2.00 bits per heavy atom. The molecule has 1 fully saturated rings. The van der Waals surface area contributed by atoms with Gasteiger partial charge in [0.05, 0.1) is 12.7 Å². The molecule has 4 rings (SSSR count). The molecule has 1 N–H and O–H groups in total. The van der Waals surface area contributed by atoms with E-state index in [0.717, 1.165) is 37.4 Å². The van der Waals surface area contributed by atoms with E-state index in [4.69, 9.17) is 4.74 Å². The first-order valence-electron chi connectivity index (χ1n) is 9.24. The first kappa shape index (κ1) is 17.2.